The predicted octanol–water partition coefficient (Wildman–Crippen LogP) is 4.90. The van der Waals surface area contributed by atoms with Crippen LogP contribution < -0.4 is 10.6 Å². The third kappa shape index (κ3) is 5.32. The lowest BCUT2D eigenvalue weighted by molar-refractivity contribution is 0.00681. The van der Waals surface area contributed by atoms with Gasteiger partial charge in [0.05, 0.1) is 6.20 Å². The number of carbonyl (C=O) groups excluding carboxylic acids is 1. The zero-order valence-corrected chi connectivity index (χ0v) is 22.4. The number of rotatable bonds is 5. The lowest BCUT2D eigenvalue weighted by Gasteiger charge is -2.39. The molecule has 2 aromatic heterocycles. The van der Waals surface area contributed by atoms with Gasteiger partial charge in [-0.2, -0.15) is 31.3 Å². The summed E-state index contributed by atoms with van der Waals surface area (Å²) in [4.78, 5) is 24.6. The largest absolute Gasteiger partial charge is 0.444 e. The second kappa shape index (κ2) is 9.67. The maximum atomic E-state index is 12.9. The van der Waals surface area contributed by atoms with Gasteiger partial charge in [-0.15, -0.1) is 0 Å². The summed E-state index contributed by atoms with van der Waals surface area (Å²) in [5.74, 6) is 4.07. The summed E-state index contributed by atoms with van der Waals surface area (Å²) in [7, 11) is 0. The maximum Gasteiger partial charge on any atom is 0.410 e. The first-order chi connectivity index (χ1) is 16.7. The van der Waals surface area contributed by atoms with E-state index in [1.165, 1.54) is 11.5 Å². The van der Waals surface area contributed by atoms with Crippen LogP contribution in [0.3, 0.4) is 0 Å². The summed E-state index contributed by atoms with van der Waals surface area (Å²) in [5, 5.41) is 11.9. The van der Waals surface area contributed by atoms with Gasteiger partial charge in [0.2, 0.25) is 11.9 Å². The summed E-state index contributed by atoms with van der Waals surface area (Å²) in [6.45, 7) is 10.1. The molecule has 5 rings (SSSR count). The average molecular weight is 502 g/mol. The van der Waals surface area contributed by atoms with Crippen molar-refractivity contribution in [3.63, 3.8) is 0 Å². The number of piperidine rings is 1. The number of nitrogens with one attached hydrogen (secondary N) is 2. The summed E-state index contributed by atoms with van der Waals surface area (Å²) >= 11 is 2.01. The van der Waals surface area contributed by atoms with Gasteiger partial charge in [0.1, 0.15) is 5.60 Å². The highest BCUT2D eigenvalue weighted by Gasteiger charge is 2.45. The Bertz CT molecular complexity index is 1050. The summed E-state index contributed by atoms with van der Waals surface area (Å²) in [6.07, 6.45) is 7.79. The van der Waals surface area contributed by atoms with Crippen LogP contribution in [0.15, 0.2) is 6.20 Å². The van der Waals surface area contributed by atoms with Crippen LogP contribution in [0, 0.1) is 0 Å². The SMILES string of the molecule is CC(C)c1cnn2c(NC3CC4CCC(C3)N4C(=O)OC(C)(C)C)nc(NC3CCSCC3)nc12. The third-order valence-electron chi connectivity index (χ3n) is 7.24. The molecule has 3 fully saturated rings. The van der Waals surface area contributed by atoms with Crippen molar-refractivity contribution in [2.75, 3.05) is 22.1 Å². The minimum atomic E-state index is -0.479. The van der Waals surface area contributed by atoms with Crippen LogP contribution in [0.25, 0.3) is 5.65 Å². The van der Waals surface area contributed by atoms with Crippen LogP contribution >= 0.6 is 11.8 Å². The molecule has 2 aromatic rings. The highest BCUT2D eigenvalue weighted by atomic mass is 32.2. The van der Waals surface area contributed by atoms with Gasteiger partial charge in [-0.25, -0.2) is 4.79 Å². The number of thioether (sulfide) groups is 1. The molecular formula is C25H39N7O2S. The molecule has 1 amide bonds. The molecule has 35 heavy (non-hydrogen) atoms. The standard InChI is InChI=1S/C25H39N7O2S/c1-15(2)20-14-26-32-21(20)29-22(27-16-8-10-35-11-9-16)30-23(32)28-17-12-18-6-7-19(13-17)31(18)24(33)34-25(3,4)5/h14-19H,6-13H2,1-5H3,(H2,27,28,29,30). The van der Waals surface area contributed by atoms with Crippen molar-refractivity contribution < 1.29 is 9.53 Å². The molecule has 2 bridgehead atoms. The number of anilines is 2. The Morgan fingerprint density at radius 1 is 1.06 bits per heavy atom. The molecule has 2 N–H and O–H groups in total. The highest BCUT2D eigenvalue weighted by Crippen LogP contribution is 2.38. The van der Waals surface area contributed by atoms with Crippen molar-refractivity contribution in [1.29, 1.82) is 0 Å². The number of hydrogen-bond acceptors (Lipinski definition) is 8. The van der Waals surface area contributed by atoms with E-state index in [1.807, 2.05) is 48.1 Å². The molecule has 192 valence electrons. The first-order valence-electron chi connectivity index (χ1n) is 13.1. The fourth-order valence-corrected chi connectivity index (χ4v) is 6.68. The number of hydrogen-bond donors (Lipinski definition) is 2. The van der Waals surface area contributed by atoms with E-state index in [4.69, 9.17) is 14.7 Å². The number of ether oxygens (including phenoxy) is 1. The molecule has 3 saturated heterocycles. The zero-order chi connectivity index (χ0) is 24.7. The molecule has 0 aromatic carbocycles. The topological polar surface area (TPSA) is 96.7 Å². The van der Waals surface area contributed by atoms with Crippen molar-refractivity contribution in [1.82, 2.24) is 24.5 Å². The quantitative estimate of drug-likeness (QED) is 0.597. The Balaban J connectivity index is 1.36. The van der Waals surface area contributed by atoms with Gasteiger partial charge in [0, 0.05) is 29.7 Å². The molecule has 10 heteroatoms. The monoisotopic (exact) mass is 501 g/mol. The van der Waals surface area contributed by atoms with E-state index in [9.17, 15) is 4.79 Å². The molecule has 0 radical (unpaired) electrons. The number of aromatic nitrogens is 4. The lowest BCUT2D eigenvalue weighted by atomic mass is 9.98. The highest BCUT2D eigenvalue weighted by molar-refractivity contribution is 7.99. The van der Waals surface area contributed by atoms with Crippen LogP contribution in [0.5, 0.6) is 0 Å². The third-order valence-corrected chi connectivity index (χ3v) is 8.29. The van der Waals surface area contributed by atoms with Crippen molar-refractivity contribution in [3.05, 3.63) is 11.8 Å². The molecule has 3 aliphatic heterocycles. The van der Waals surface area contributed by atoms with E-state index in [2.05, 4.69) is 29.6 Å². The van der Waals surface area contributed by atoms with E-state index in [0.717, 1.165) is 55.7 Å². The minimum Gasteiger partial charge on any atom is -0.444 e. The molecule has 0 aliphatic carbocycles. The Labute approximate surface area is 212 Å². The van der Waals surface area contributed by atoms with Crippen molar-refractivity contribution >= 4 is 35.4 Å². The Morgan fingerprint density at radius 3 is 2.37 bits per heavy atom. The summed E-state index contributed by atoms with van der Waals surface area (Å²) < 4.78 is 7.55. The first-order valence-corrected chi connectivity index (χ1v) is 14.2. The fraction of sp³-hybridized carbons (Fsp3) is 0.760. The van der Waals surface area contributed by atoms with Gasteiger partial charge in [-0.05, 0) is 76.7 Å². The van der Waals surface area contributed by atoms with E-state index >= 15 is 0 Å². The van der Waals surface area contributed by atoms with Crippen molar-refractivity contribution in [3.8, 4) is 0 Å². The second-order valence-electron chi connectivity index (χ2n) is 11.5. The Kier molecular flexibility index (Phi) is 6.76. The summed E-state index contributed by atoms with van der Waals surface area (Å²) in [5.41, 5.74) is 1.50. The number of amides is 1. The van der Waals surface area contributed by atoms with Gasteiger partial charge >= 0.3 is 6.09 Å². The van der Waals surface area contributed by atoms with Gasteiger partial charge < -0.3 is 20.3 Å². The minimum absolute atomic E-state index is 0.182. The molecule has 5 heterocycles. The number of fused-ring (bicyclic) bond motifs is 3. The van der Waals surface area contributed by atoms with E-state index in [-0.39, 0.29) is 24.2 Å². The van der Waals surface area contributed by atoms with E-state index < -0.39 is 5.60 Å². The Morgan fingerprint density at radius 2 is 1.74 bits per heavy atom. The van der Waals surface area contributed by atoms with Gasteiger partial charge in [-0.3, -0.25) is 0 Å². The van der Waals surface area contributed by atoms with Crippen molar-refractivity contribution in [2.24, 2.45) is 0 Å². The summed E-state index contributed by atoms with van der Waals surface area (Å²) in [6, 6.07) is 1.01. The molecule has 3 aliphatic rings. The van der Waals surface area contributed by atoms with E-state index in [1.54, 1.807) is 0 Å². The van der Waals surface area contributed by atoms with Gasteiger partial charge in [0.15, 0.2) is 5.65 Å². The van der Waals surface area contributed by atoms with Gasteiger partial charge in [-0.1, -0.05) is 13.8 Å². The van der Waals surface area contributed by atoms with Gasteiger partial charge in [0.25, 0.3) is 0 Å². The van der Waals surface area contributed by atoms with Crippen LogP contribution in [0.1, 0.15) is 84.6 Å². The van der Waals surface area contributed by atoms with Crippen LogP contribution in [-0.2, 0) is 4.74 Å². The second-order valence-corrected chi connectivity index (χ2v) is 12.7. The zero-order valence-electron chi connectivity index (χ0n) is 21.6. The molecule has 2 unspecified atom stereocenters. The average Bonchev–Trinajstić information content (AvgIpc) is 3.32. The molecule has 0 spiro atoms. The van der Waals surface area contributed by atoms with E-state index in [0.29, 0.717) is 17.9 Å². The molecule has 0 saturated carbocycles. The number of nitrogens with zero attached hydrogens (tertiary/aromatic N) is 5. The normalized spacial score (nSPS) is 25.3. The lowest BCUT2D eigenvalue weighted by Crippen LogP contribution is -2.51. The van der Waals surface area contributed by atoms with Crippen molar-refractivity contribution in [2.45, 2.75) is 109 Å². The molecular weight excluding hydrogens is 462 g/mol. The number of carbonyl (C=O) groups is 1. The van der Waals surface area contributed by atoms with Crippen LogP contribution in [0.2, 0.25) is 0 Å². The first kappa shape index (κ1) is 24.5. The smallest absolute Gasteiger partial charge is 0.410 e. The predicted molar refractivity (Wildman–Crippen MR) is 140 cm³/mol. The fourth-order valence-electron chi connectivity index (χ4n) is 5.57. The molecule has 9 nitrogen and oxygen atoms in total. The Hall–Kier alpha value is -2.23. The maximum absolute atomic E-state index is 12.9. The van der Waals surface area contributed by atoms with Crippen LogP contribution in [-0.4, -0.2) is 71.8 Å². The van der Waals surface area contributed by atoms with Crippen LogP contribution in [0.4, 0.5) is 16.7 Å². The molecule has 2 atom stereocenters.